The first-order valence-electron chi connectivity index (χ1n) is 4.83. The number of hydrazine groups is 1. The number of amides is 1. The van der Waals surface area contributed by atoms with Gasteiger partial charge in [0.1, 0.15) is 6.04 Å². The molecule has 2 rings (SSSR count). The molecule has 0 aromatic heterocycles. The van der Waals surface area contributed by atoms with E-state index in [1.54, 1.807) is 12.1 Å². The van der Waals surface area contributed by atoms with Gasteiger partial charge in [0.05, 0.1) is 0 Å². The first kappa shape index (κ1) is 8.05. The smallest absolute Gasteiger partial charge is 0.255 e. The SMILES string of the molecule is CN1NC(C2CCCCC2)C1=O. The van der Waals surface area contributed by atoms with E-state index in [0.29, 0.717) is 5.92 Å². The molecule has 1 saturated carbocycles. The number of hydrogen-bond acceptors (Lipinski definition) is 2. The van der Waals surface area contributed by atoms with Gasteiger partial charge in [0.15, 0.2) is 0 Å². The van der Waals surface area contributed by atoms with Gasteiger partial charge in [-0.05, 0) is 18.8 Å². The van der Waals surface area contributed by atoms with Crippen molar-refractivity contribution in [3.05, 3.63) is 0 Å². The summed E-state index contributed by atoms with van der Waals surface area (Å²) in [5.41, 5.74) is 3.15. The molecule has 0 radical (unpaired) electrons. The molecule has 3 nitrogen and oxygen atoms in total. The molecule has 68 valence electrons. The zero-order valence-electron chi connectivity index (χ0n) is 7.55. The fraction of sp³-hybridized carbons (Fsp3) is 0.889. The fourth-order valence-electron chi connectivity index (χ4n) is 2.24. The van der Waals surface area contributed by atoms with Crippen molar-refractivity contribution in [2.24, 2.45) is 5.92 Å². The lowest BCUT2D eigenvalue weighted by Gasteiger charge is -2.42. The summed E-state index contributed by atoms with van der Waals surface area (Å²) in [5.74, 6) is 0.893. The molecular formula is C9H16N2O. The van der Waals surface area contributed by atoms with Gasteiger partial charge in [-0.15, -0.1) is 0 Å². The van der Waals surface area contributed by atoms with E-state index in [4.69, 9.17) is 0 Å². The molecule has 1 unspecified atom stereocenters. The van der Waals surface area contributed by atoms with Gasteiger partial charge in [-0.25, -0.2) is 5.43 Å². The number of nitrogens with zero attached hydrogens (tertiary/aromatic N) is 1. The molecule has 1 saturated heterocycles. The molecule has 1 atom stereocenters. The van der Waals surface area contributed by atoms with Crippen molar-refractivity contribution in [2.75, 3.05) is 7.05 Å². The maximum atomic E-state index is 11.3. The van der Waals surface area contributed by atoms with Crippen LogP contribution in [0.3, 0.4) is 0 Å². The lowest BCUT2D eigenvalue weighted by Crippen LogP contribution is -2.67. The van der Waals surface area contributed by atoms with Crippen LogP contribution in [0.5, 0.6) is 0 Å². The topological polar surface area (TPSA) is 32.3 Å². The molecule has 2 aliphatic rings. The van der Waals surface area contributed by atoms with Gasteiger partial charge >= 0.3 is 0 Å². The Kier molecular flexibility index (Phi) is 2.05. The Morgan fingerprint density at radius 2 is 2.00 bits per heavy atom. The average molecular weight is 168 g/mol. The van der Waals surface area contributed by atoms with Gasteiger partial charge in [0, 0.05) is 7.05 Å². The third-order valence-electron chi connectivity index (χ3n) is 3.05. The molecule has 1 N–H and O–H groups in total. The lowest BCUT2D eigenvalue weighted by atomic mass is 9.82. The Bertz CT molecular complexity index is 187. The van der Waals surface area contributed by atoms with Crippen LogP contribution in [-0.4, -0.2) is 24.0 Å². The second-order valence-electron chi connectivity index (χ2n) is 3.90. The molecule has 12 heavy (non-hydrogen) atoms. The summed E-state index contributed by atoms with van der Waals surface area (Å²) in [6.07, 6.45) is 6.43. The molecular weight excluding hydrogens is 152 g/mol. The normalized spacial score (nSPS) is 31.9. The molecule has 2 fully saturated rings. The van der Waals surface area contributed by atoms with Gasteiger partial charge in [0.25, 0.3) is 5.91 Å². The zero-order chi connectivity index (χ0) is 8.55. The number of carbonyl (C=O) groups is 1. The van der Waals surface area contributed by atoms with Gasteiger partial charge in [-0.2, -0.15) is 0 Å². The molecule has 1 heterocycles. The van der Waals surface area contributed by atoms with Gasteiger partial charge in [0.2, 0.25) is 0 Å². The molecule has 0 aromatic rings. The number of likely N-dealkylation sites (N-methyl/N-ethyl adjacent to an activating group) is 1. The number of hydrogen-bond donors (Lipinski definition) is 1. The van der Waals surface area contributed by atoms with E-state index in [-0.39, 0.29) is 11.9 Å². The second-order valence-corrected chi connectivity index (χ2v) is 3.90. The number of carbonyl (C=O) groups excluding carboxylic acids is 1. The molecule has 1 aliphatic heterocycles. The first-order valence-corrected chi connectivity index (χ1v) is 4.83. The van der Waals surface area contributed by atoms with Crippen LogP contribution in [-0.2, 0) is 4.79 Å². The maximum absolute atomic E-state index is 11.3. The second kappa shape index (κ2) is 3.05. The van der Waals surface area contributed by atoms with Crippen molar-refractivity contribution >= 4 is 5.91 Å². The van der Waals surface area contributed by atoms with Crippen LogP contribution in [0.4, 0.5) is 0 Å². The van der Waals surface area contributed by atoms with Crippen LogP contribution < -0.4 is 5.43 Å². The zero-order valence-corrected chi connectivity index (χ0v) is 7.55. The van der Waals surface area contributed by atoms with Crippen molar-refractivity contribution in [1.82, 2.24) is 10.4 Å². The van der Waals surface area contributed by atoms with E-state index >= 15 is 0 Å². The van der Waals surface area contributed by atoms with Crippen molar-refractivity contribution in [2.45, 2.75) is 38.1 Å². The molecule has 0 aromatic carbocycles. The molecule has 0 spiro atoms. The minimum absolute atomic E-state index is 0.148. The Balaban J connectivity index is 1.88. The highest BCUT2D eigenvalue weighted by atomic mass is 16.2. The van der Waals surface area contributed by atoms with Crippen LogP contribution in [0.2, 0.25) is 0 Å². The average Bonchev–Trinajstić information content (AvgIpc) is 2.15. The molecule has 0 bridgehead atoms. The van der Waals surface area contributed by atoms with Crippen LogP contribution in [0.25, 0.3) is 0 Å². The van der Waals surface area contributed by atoms with Crippen LogP contribution in [0.1, 0.15) is 32.1 Å². The third-order valence-corrected chi connectivity index (χ3v) is 3.05. The number of nitrogens with one attached hydrogen (secondary N) is 1. The van der Waals surface area contributed by atoms with E-state index in [0.717, 1.165) is 0 Å². The summed E-state index contributed by atoms with van der Waals surface area (Å²) in [6.45, 7) is 0. The third kappa shape index (κ3) is 1.22. The highest BCUT2D eigenvalue weighted by Crippen LogP contribution is 2.29. The summed E-state index contributed by atoms with van der Waals surface area (Å²) in [7, 11) is 1.79. The van der Waals surface area contributed by atoms with Crippen molar-refractivity contribution in [3.63, 3.8) is 0 Å². The van der Waals surface area contributed by atoms with Crippen molar-refractivity contribution in [1.29, 1.82) is 0 Å². The van der Waals surface area contributed by atoms with E-state index in [1.807, 2.05) is 0 Å². The summed E-state index contributed by atoms with van der Waals surface area (Å²) in [6, 6.07) is 0.148. The van der Waals surface area contributed by atoms with Crippen LogP contribution in [0, 0.1) is 5.92 Å². The Morgan fingerprint density at radius 3 is 2.50 bits per heavy atom. The van der Waals surface area contributed by atoms with Crippen molar-refractivity contribution in [3.8, 4) is 0 Å². The fourth-order valence-corrected chi connectivity index (χ4v) is 2.24. The summed E-state index contributed by atoms with van der Waals surface area (Å²) >= 11 is 0. The predicted octanol–water partition coefficient (Wildman–Crippen LogP) is 0.912. The van der Waals surface area contributed by atoms with Crippen molar-refractivity contribution < 1.29 is 4.79 Å². The Labute approximate surface area is 73.1 Å². The van der Waals surface area contributed by atoms with E-state index in [1.165, 1.54) is 32.1 Å². The monoisotopic (exact) mass is 168 g/mol. The van der Waals surface area contributed by atoms with E-state index < -0.39 is 0 Å². The Hall–Kier alpha value is -0.570. The highest BCUT2D eigenvalue weighted by Gasteiger charge is 2.39. The van der Waals surface area contributed by atoms with Gasteiger partial charge < -0.3 is 0 Å². The molecule has 3 heteroatoms. The molecule has 1 amide bonds. The minimum Gasteiger partial charge on any atom is -0.279 e. The van der Waals surface area contributed by atoms with Crippen LogP contribution >= 0.6 is 0 Å². The minimum atomic E-state index is 0.148. The van der Waals surface area contributed by atoms with Gasteiger partial charge in [-0.1, -0.05) is 19.3 Å². The summed E-state index contributed by atoms with van der Waals surface area (Å²) in [5, 5.41) is 1.60. The highest BCUT2D eigenvalue weighted by molar-refractivity contribution is 5.86. The van der Waals surface area contributed by atoms with Gasteiger partial charge in [-0.3, -0.25) is 9.80 Å². The predicted molar refractivity (Wildman–Crippen MR) is 46.3 cm³/mol. The maximum Gasteiger partial charge on any atom is 0.255 e. The Morgan fingerprint density at radius 1 is 1.33 bits per heavy atom. The van der Waals surface area contributed by atoms with Crippen LogP contribution in [0.15, 0.2) is 0 Å². The summed E-state index contributed by atoms with van der Waals surface area (Å²) in [4.78, 5) is 11.3. The van der Waals surface area contributed by atoms with E-state index in [2.05, 4.69) is 5.43 Å². The standard InChI is InChI=1S/C9H16N2O/c1-11-9(12)8(10-11)7-5-3-2-4-6-7/h7-8,10H,2-6H2,1H3. The largest absolute Gasteiger partial charge is 0.279 e. The van der Waals surface area contributed by atoms with E-state index in [9.17, 15) is 4.79 Å². The molecule has 1 aliphatic carbocycles. The summed E-state index contributed by atoms with van der Waals surface area (Å²) < 4.78 is 0. The number of rotatable bonds is 1. The lowest BCUT2D eigenvalue weighted by molar-refractivity contribution is -0.153. The first-order chi connectivity index (χ1) is 5.79. The quantitative estimate of drug-likeness (QED) is 0.631.